The molecule has 0 aromatic carbocycles. The average molecular weight is 267 g/mol. The quantitative estimate of drug-likeness (QED) is 0.723. The Labute approximate surface area is 115 Å². The van der Waals surface area contributed by atoms with Gasteiger partial charge in [-0.05, 0) is 51.4 Å². The summed E-state index contributed by atoms with van der Waals surface area (Å²) in [5.41, 5.74) is -0.442. The van der Waals surface area contributed by atoms with E-state index in [4.69, 9.17) is 4.74 Å². The lowest BCUT2D eigenvalue weighted by Crippen LogP contribution is -2.43. The molecule has 108 valence electrons. The zero-order valence-electron chi connectivity index (χ0n) is 12.4. The van der Waals surface area contributed by atoms with Crippen molar-refractivity contribution in [2.24, 2.45) is 23.7 Å². The van der Waals surface area contributed by atoms with Crippen LogP contribution in [0.25, 0.3) is 0 Å². The third-order valence-corrected chi connectivity index (χ3v) is 4.33. The van der Waals surface area contributed by atoms with Crippen molar-refractivity contribution < 1.29 is 14.3 Å². The molecule has 1 amide bonds. The van der Waals surface area contributed by atoms with Crippen molar-refractivity contribution >= 4 is 12.4 Å². The van der Waals surface area contributed by atoms with Gasteiger partial charge < -0.3 is 14.4 Å². The molecule has 2 aliphatic rings. The maximum atomic E-state index is 12.1. The fourth-order valence-electron chi connectivity index (χ4n) is 3.30. The Morgan fingerprint density at radius 1 is 1.37 bits per heavy atom. The summed E-state index contributed by atoms with van der Waals surface area (Å²) in [4.78, 5) is 24.8. The SMILES string of the molecule is C[C@@H]1[C@H](C=O)[C@H]1[C@@H]1CCCN(C(=O)OC(C)(C)C)C1. The van der Waals surface area contributed by atoms with E-state index < -0.39 is 5.60 Å². The number of amides is 1. The van der Waals surface area contributed by atoms with Gasteiger partial charge in [-0.15, -0.1) is 0 Å². The normalized spacial score (nSPS) is 34.8. The highest BCUT2D eigenvalue weighted by atomic mass is 16.6. The lowest BCUT2D eigenvalue weighted by molar-refractivity contribution is -0.109. The molecule has 0 aromatic heterocycles. The van der Waals surface area contributed by atoms with Crippen LogP contribution in [0.3, 0.4) is 0 Å². The molecule has 19 heavy (non-hydrogen) atoms. The molecular weight excluding hydrogens is 242 g/mol. The Morgan fingerprint density at radius 3 is 2.58 bits per heavy atom. The molecule has 1 aliphatic carbocycles. The molecule has 0 N–H and O–H groups in total. The minimum absolute atomic E-state index is 0.212. The zero-order valence-corrected chi connectivity index (χ0v) is 12.4. The number of nitrogens with zero attached hydrogens (tertiary/aromatic N) is 1. The Balaban J connectivity index is 1.91. The van der Waals surface area contributed by atoms with Crippen molar-refractivity contribution in [3.63, 3.8) is 0 Å². The van der Waals surface area contributed by atoms with Crippen LogP contribution >= 0.6 is 0 Å². The summed E-state index contributed by atoms with van der Waals surface area (Å²) in [6.07, 6.45) is 3.01. The predicted octanol–water partition coefficient (Wildman–Crippen LogP) is 2.71. The number of carbonyl (C=O) groups is 2. The van der Waals surface area contributed by atoms with Gasteiger partial charge in [0.15, 0.2) is 0 Å². The van der Waals surface area contributed by atoms with Gasteiger partial charge in [-0.2, -0.15) is 0 Å². The van der Waals surface area contributed by atoms with Crippen LogP contribution in [0.1, 0.15) is 40.5 Å². The lowest BCUT2D eigenvalue weighted by Gasteiger charge is -2.34. The zero-order chi connectivity index (χ0) is 14.2. The molecule has 1 heterocycles. The van der Waals surface area contributed by atoms with Gasteiger partial charge in [0, 0.05) is 19.0 Å². The summed E-state index contributed by atoms with van der Waals surface area (Å²) in [7, 11) is 0. The van der Waals surface area contributed by atoms with E-state index in [1.807, 2.05) is 25.7 Å². The molecule has 0 aromatic rings. The molecule has 4 heteroatoms. The Hall–Kier alpha value is -1.06. The monoisotopic (exact) mass is 267 g/mol. The minimum atomic E-state index is -0.442. The van der Waals surface area contributed by atoms with Crippen LogP contribution in [0.15, 0.2) is 0 Å². The Kier molecular flexibility index (Phi) is 3.88. The first-order valence-corrected chi connectivity index (χ1v) is 7.26. The number of piperidine rings is 1. The van der Waals surface area contributed by atoms with E-state index >= 15 is 0 Å². The highest BCUT2D eigenvalue weighted by Gasteiger charge is 2.51. The third kappa shape index (κ3) is 3.28. The van der Waals surface area contributed by atoms with E-state index in [0.717, 1.165) is 32.2 Å². The maximum Gasteiger partial charge on any atom is 0.410 e. The standard InChI is InChI=1S/C15H25NO3/c1-10-12(9-17)13(10)11-6-5-7-16(8-11)14(18)19-15(2,3)4/h9-13H,5-8H2,1-4H3/t10-,11-,12+,13-/m1/s1. The molecule has 4 nitrogen and oxygen atoms in total. The smallest absolute Gasteiger partial charge is 0.410 e. The second-order valence-electron chi connectivity index (χ2n) is 6.98. The Morgan fingerprint density at radius 2 is 2.05 bits per heavy atom. The van der Waals surface area contributed by atoms with Gasteiger partial charge in [0.1, 0.15) is 11.9 Å². The van der Waals surface area contributed by atoms with Gasteiger partial charge in [-0.3, -0.25) is 0 Å². The predicted molar refractivity (Wildman–Crippen MR) is 72.7 cm³/mol. The van der Waals surface area contributed by atoms with Crippen LogP contribution in [-0.4, -0.2) is 36.0 Å². The molecule has 2 fully saturated rings. The molecule has 2 rings (SSSR count). The summed E-state index contributed by atoms with van der Waals surface area (Å²) in [5.74, 6) is 1.64. The van der Waals surface area contributed by atoms with Crippen molar-refractivity contribution in [2.45, 2.75) is 46.1 Å². The third-order valence-electron chi connectivity index (χ3n) is 4.33. The van der Waals surface area contributed by atoms with Crippen LogP contribution in [-0.2, 0) is 9.53 Å². The lowest BCUT2D eigenvalue weighted by atomic mass is 9.92. The molecule has 1 aliphatic heterocycles. The van der Waals surface area contributed by atoms with Gasteiger partial charge >= 0.3 is 6.09 Å². The number of aldehydes is 1. The van der Waals surface area contributed by atoms with E-state index in [0.29, 0.717) is 17.8 Å². The van der Waals surface area contributed by atoms with E-state index in [9.17, 15) is 9.59 Å². The van der Waals surface area contributed by atoms with Crippen LogP contribution < -0.4 is 0 Å². The molecule has 0 spiro atoms. The summed E-state index contributed by atoms with van der Waals surface area (Å²) in [5, 5.41) is 0. The van der Waals surface area contributed by atoms with E-state index in [1.54, 1.807) is 0 Å². The van der Waals surface area contributed by atoms with Crippen molar-refractivity contribution in [3.05, 3.63) is 0 Å². The van der Waals surface area contributed by atoms with Crippen LogP contribution in [0.5, 0.6) is 0 Å². The Bertz CT molecular complexity index is 361. The van der Waals surface area contributed by atoms with Gasteiger partial charge in [0.2, 0.25) is 0 Å². The van der Waals surface area contributed by atoms with Crippen LogP contribution in [0, 0.1) is 23.7 Å². The summed E-state index contributed by atoms with van der Waals surface area (Å²) < 4.78 is 5.42. The molecule has 1 saturated heterocycles. The second kappa shape index (κ2) is 5.14. The highest BCUT2D eigenvalue weighted by Crippen LogP contribution is 2.51. The van der Waals surface area contributed by atoms with Crippen LogP contribution in [0.4, 0.5) is 4.79 Å². The van der Waals surface area contributed by atoms with Crippen molar-refractivity contribution in [1.29, 1.82) is 0 Å². The number of hydrogen-bond donors (Lipinski definition) is 0. The van der Waals surface area contributed by atoms with Gasteiger partial charge in [0.05, 0.1) is 0 Å². The molecule has 0 bridgehead atoms. The number of likely N-dealkylation sites (tertiary alicyclic amines) is 1. The number of carbonyl (C=O) groups excluding carboxylic acids is 2. The first-order chi connectivity index (χ1) is 8.83. The fourth-order valence-corrected chi connectivity index (χ4v) is 3.30. The van der Waals surface area contributed by atoms with Crippen molar-refractivity contribution in [2.75, 3.05) is 13.1 Å². The summed E-state index contributed by atoms with van der Waals surface area (Å²) in [6, 6.07) is 0. The van der Waals surface area contributed by atoms with Gasteiger partial charge in [0.25, 0.3) is 0 Å². The van der Waals surface area contributed by atoms with Gasteiger partial charge in [-0.1, -0.05) is 6.92 Å². The van der Waals surface area contributed by atoms with E-state index in [1.165, 1.54) is 0 Å². The fraction of sp³-hybridized carbons (Fsp3) is 0.867. The molecule has 0 unspecified atom stereocenters. The second-order valence-corrected chi connectivity index (χ2v) is 6.98. The first kappa shape index (κ1) is 14.4. The van der Waals surface area contributed by atoms with Crippen molar-refractivity contribution in [1.82, 2.24) is 4.90 Å². The number of ether oxygens (including phenoxy) is 1. The summed E-state index contributed by atoms with van der Waals surface area (Å²) >= 11 is 0. The van der Waals surface area contributed by atoms with Gasteiger partial charge in [-0.25, -0.2) is 4.79 Å². The molecule has 1 saturated carbocycles. The number of rotatable bonds is 2. The highest BCUT2D eigenvalue weighted by molar-refractivity contribution is 5.68. The summed E-state index contributed by atoms with van der Waals surface area (Å²) in [6.45, 7) is 9.32. The molecule has 4 atom stereocenters. The molecule has 0 radical (unpaired) electrons. The minimum Gasteiger partial charge on any atom is -0.444 e. The largest absolute Gasteiger partial charge is 0.444 e. The van der Waals surface area contributed by atoms with Crippen molar-refractivity contribution in [3.8, 4) is 0 Å². The van der Waals surface area contributed by atoms with E-state index in [2.05, 4.69) is 6.92 Å². The molecular formula is C15H25NO3. The average Bonchev–Trinajstić information content (AvgIpc) is 2.98. The topological polar surface area (TPSA) is 46.6 Å². The van der Waals surface area contributed by atoms with E-state index in [-0.39, 0.29) is 12.0 Å². The van der Waals surface area contributed by atoms with Crippen LogP contribution in [0.2, 0.25) is 0 Å². The first-order valence-electron chi connectivity index (χ1n) is 7.26. The maximum absolute atomic E-state index is 12.1. The number of hydrogen-bond acceptors (Lipinski definition) is 3.